The van der Waals surface area contributed by atoms with Crippen LogP contribution in [0.25, 0.3) is 5.69 Å². The van der Waals surface area contributed by atoms with Gasteiger partial charge in [-0.15, -0.1) is 0 Å². The highest BCUT2D eigenvalue weighted by Gasteiger charge is 2.19. The lowest BCUT2D eigenvalue weighted by Gasteiger charge is -2.27. The molecule has 2 amide bonds. The molecule has 2 aromatic heterocycles. The molecule has 32 heavy (non-hydrogen) atoms. The molecule has 2 N–H and O–H groups in total. The minimum Gasteiger partial charge on any atom is -0.353 e. The summed E-state index contributed by atoms with van der Waals surface area (Å²) in [5.41, 5.74) is 5.47. The lowest BCUT2D eigenvalue weighted by atomic mass is 10.0. The quantitative estimate of drug-likeness (QED) is 0.644. The summed E-state index contributed by atoms with van der Waals surface area (Å²) in [6.07, 6.45) is 1.63. The van der Waals surface area contributed by atoms with Gasteiger partial charge in [-0.05, 0) is 55.7 Å². The van der Waals surface area contributed by atoms with Crippen LogP contribution in [0.3, 0.4) is 0 Å². The predicted molar refractivity (Wildman–Crippen MR) is 127 cm³/mol. The van der Waals surface area contributed by atoms with Gasteiger partial charge in [-0.3, -0.25) is 9.59 Å². The fraction of sp³-hybridized carbons (Fsp3) is 0.320. The molecule has 0 aliphatic carbocycles. The van der Waals surface area contributed by atoms with Crippen molar-refractivity contribution < 1.29 is 9.59 Å². The van der Waals surface area contributed by atoms with Crippen molar-refractivity contribution in [3.05, 3.63) is 71.2 Å². The Morgan fingerprint density at radius 1 is 1.16 bits per heavy atom. The smallest absolute Gasteiger partial charge is 0.257 e. The molecule has 1 aliphatic rings. The fourth-order valence-corrected chi connectivity index (χ4v) is 4.09. The number of piperazine rings is 1. The van der Waals surface area contributed by atoms with Crippen molar-refractivity contribution in [2.45, 2.75) is 33.6 Å². The third kappa shape index (κ3) is 4.37. The van der Waals surface area contributed by atoms with Crippen molar-refractivity contribution in [2.75, 3.05) is 29.9 Å². The number of nitrogens with one attached hydrogen (secondary N) is 2. The van der Waals surface area contributed by atoms with E-state index in [1.165, 1.54) is 5.56 Å². The van der Waals surface area contributed by atoms with E-state index in [9.17, 15) is 9.59 Å². The standard InChI is InChI=1S/C25H29N5O2/c1-16(2)19-6-5-7-21(13-19)30-17(3)12-22(18(30)4)25(32)28-20-8-9-23(27-14-20)29-11-10-26-24(31)15-29/h5-9,12-14,16H,10-11,15H2,1-4H3,(H,26,31)(H,28,32). The molecule has 166 valence electrons. The summed E-state index contributed by atoms with van der Waals surface area (Å²) in [5, 5.41) is 5.75. The number of aromatic nitrogens is 2. The summed E-state index contributed by atoms with van der Waals surface area (Å²) >= 11 is 0. The van der Waals surface area contributed by atoms with Crippen LogP contribution in [-0.2, 0) is 4.79 Å². The maximum absolute atomic E-state index is 13.0. The number of aryl methyl sites for hydroxylation is 1. The summed E-state index contributed by atoms with van der Waals surface area (Å²) in [6.45, 7) is 9.94. The van der Waals surface area contributed by atoms with E-state index in [-0.39, 0.29) is 11.8 Å². The van der Waals surface area contributed by atoms with Crippen molar-refractivity contribution in [2.24, 2.45) is 0 Å². The van der Waals surface area contributed by atoms with E-state index < -0.39 is 0 Å². The van der Waals surface area contributed by atoms with E-state index >= 15 is 0 Å². The number of anilines is 2. The maximum Gasteiger partial charge on any atom is 0.257 e. The third-order valence-electron chi connectivity index (χ3n) is 5.84. The minimum atomic E-state index is -0.170. The molecule has 0 bridgehead atoms. The zero-order valence-corrected chi connectivity index (χ0v) is 19.0. The van der Waals surface area contributed by atoms with Gasteiger partial charge in [-0.2, -0.15) is 0 Å². The molecule has 3 aromatic rings. The Kier molecular flexibility index (Phi) is 5.99. The van der Waals surface area contributed by atoms with Gasteiger partial charge < -0.3 is 20.1 Å². The Bertz CT molecular complexity index is 1150. The monoisotopic (exact) mass is 431 g/mol. The van der Waals surface area contributed by atoms with Crippen LogP contribution in [-0.4, -0.2) is 41.0 Å². The Hall–Kier alpha value is -3.61. The van der Waals surface area contributed by atoms with Crippen LogP contribution in [0.5, 0.6) is 0 Å². The highest BCUT2D eigenvalue weighted by Crippen LogP contribution is 2.25. The largest absolute Gasteiger partial charge is 0.353 e. The SMILES string of the molecule is Cc1cc(C(=O)Nc2ccc(N3CCNC(=O)C3)nc2)c(C)n1-c1cccc(C(C)C)c1. The van der Waals surface area contributed by atoms with Gasteiger partial charge in [0, 0.05) is 30.2 Å². The highest BCUT2D eigenvalue weighted by molar-refractivity contribution is 6.05. The highest BCUT2D eigenvalue weighted by atomic mass is 16.2. The molecule has 0 radical (unpaired) electrons. The molecule has 1 aliphatic heterocycles. The number of hydrogen-bond acceptors (Lipinski definition) is 4. The molecule has 0 saturated carbocycles. The van der Waals surface area contributed by atoms with Gasteiger partial charge in [0.15, 0.2) is 0 Å². The number of carbonyl (C=O) groups excluding carboxylic acids is 2. The van der Waals surface area contributed by atoms with Crippen molar-refractivity contribution >= 4 is 23.3 Å². The first-order valence-corrected chi connectivity index (χ1v) is 10.9. The average Bonchev–Trinajstić information content (AvgIpc) is 3.08. The number of amides is 2. The first-order chi connectivity index (χ1) is 15.3. The molecule has 4 rings (SSSR count). The topological polar surface area (TPSA) is 79.3 Å². The van der Waals surface area contributed by atoms with E-state index in [2.05, 4.69) is 58.3 Å². The first kappa shape index (κ1) is 21.6. The summed E-state index contributed by atoms with van der Waals surface area (Å²) in [7, 11) is 0. The second-order valence-corrected chi connectivity index (χ2v) is 8.50. The molecule has 1 aromatic carbocycles. The number of nitrogens with zero attached hydrogens (tertiary/aromatic N) is 3. The van der Waals surface area contributed by atoms with Gasteiger partial charge in [-0.25, -0.2) is 4.98 Å². The second-order valence-electron chi connectivity index (χ2n) is 8.50. The Morgan fingerprint density at radius 2 is 1.97 bits per heavy atom. The zero-order valence-electron chi connectivity index (χ0n) is 19.0. The van der Waals surface area contributed by atoms with Gasteiger partial charge in [0.2, 0.25) is 5.91 Å². The average molecular weight is 432 g/mol. The van der Waals surface area contributed by atoms with Gasteiger partial charge in [-0.1, -0.05) is 26.0 Å². The Labute approximate surface area is 188 Å². The van der Waals surface area contributed by atoms with Crippen LogP contribution in [0.4, 0.5) is 11.5 Å². The second kappa shape index (κ2) is 8.86. The van der Waals surface area contributed by atoms with E-state index in [4.69, 9.17) is 0 Å². The van der Waals surface area contributed by atoms with Gasteiger partial charge >= 0.3 is 0 Å². The molecule has 3 heterocycles. The minimum absolute atomic E-state index is 0.00952. The van der Waals surface area contributed by atoms with Crippen LogP contribution in [0.1, 0.15) is 47.1 Å². The normalized spacial score (nSPS) is 13.9. The zero-order chi connectivity index (χ0) is 22.8. The van der Waals surface area contributed by atoms with Gasteiger partial charge in [0.25, 0.3) is 5.91 Å². The summed E-state index contributed by atoms with van der Waals surface area (Å²) in [5.74, 6) is 0.978. The van der Waals surface area contributed by atoms with E-state index in [1.807, 2.05) is 36.9 Å². The van der Waals surface area contributed by atoms with Crippen molar-refractivity contribution in [3.63, 3.8) is 0 Å². The molecular formula is C25H29N5O2. The molecule has 0 atom stereocenters. The van der Waals surface area contributed by atoms with Gasteiger partial charge in [0.1, 0.15) is 5.82 Å². The fourth-order valence-electron chi connectivity index (χ4n) is 4.09. The number of rotatable bonds is 5. The predicted octanol–water partition coefficient (Wildman–Crippen LogP) is 3.80. The van der Waals surface area contributed by atoms with E-state index in [1.54, 1.807) is 6.20 Å². The first-order valence-electron chi connectivity index (χ1n) is 10.9. The van der Waals surface area contributed by atoms with Crippen LogP contribution in [0, 0.1) is 13.8 Å². The molecule has 7 heteroatoms. The number of hydrogen-bond donors (Lipinski definition) is 2. The van der Waals surface area contributed by atoms with Crippen molar-refractivity contribution in [1.29, 1.82) is 0 Å². The van der Waals surface area contributed by atoms with Crippen LogP contribution < -0.4 is 15.5 Å². The summed E-state index contributed by atoms with van der Waals surface area (Å²) in [6, 6.07) is 14.0. The van der Waals surface area contributed by atoms with Crippen LogP contribution >= 0.6 is 0 Å². The maximum atomic E-state index is 13.0. The van der Waals surface area contributed by atoms with Crippen molar-refractivity contribution in [3.8, 4) is 5.69 Å². The lowest BCUT2D eigenvalue weighted by Crippen LogP contribution is -2.48. The Morgan fingerprint density at radius 3 is 2.66 bits per heavy atom. The molecule has 1 fully saturated rings. The van der Waals surface area contributed by atoms with Crippen LogP contribution in [0.15, 0.2) is 48.7 Å². The lowest BCUT2D eigenvalue weighted by molar-refractivity contribution is -0.120. The molecular weight excluding hydrogens is 402 g/mol. The number of carbonyl (C=O) groups is 2. The van der Waals surface area contributed by atoms with Crippen LogP contribution in [0.2, 0.25) is 0 Å². The van der Waals surface area contributed by atoms with Crippen molar-refractivity contribution in [1.82, 2.24) is 14.9 Å². The molecule has 0 spiro atoms. The molecule has 1 saturated heterocycles. The summed E-state index contributed by atoms with van der Waals surface area (Å²) in [4.78, 5) is 31.0. The number of pyridine rings is 1. The Balaban J connectivity index is 1.52. The third-order valence-corrected chi connectivity index (χ3v) is 5.84. The summed E-state index contributed by atoms with van der Waals surface area (Å²) < 4.78 is 2.11. The van der Waals surface area contributed by atoms with Gasteiger partial charge in [0.05, 0.1) is 24.0 Å². The van der Waals surface area contributed by atoms with E-state index in [0.29, 0.717) is 36.8 Å². The number of benzene rings is 1. The molecule has 0 unspecified atom stereocenters. The molecule has 7 nitrogen and oxygen atoms in total. The van der Waals surface area contributed by atoms with E-state index in [0.717, 1.165) is 22.9 Å².